The number of aromatic nitrogens is 1. The van der Waals surface area contributed by atoms with Crippen molar-refractivity contribution in [1.82, 2.24) is 9.88 Å². The van der Waals surface area contributed by atoms with Gasteiger partial charge in [-0.1, -0.05) is 6.07 Å². The molecule has 1 aliphatic heterocycles. The van der Waals surface area contributed by atoms with Gasteiger partial charge in [0.05, 0.1) is 13.7 Å². The molecule has 3 rings (SSSR count). The minimum absolute atomic E-state index is 0.0165. The third-order valence-corrected chi connectivity index (χ3v) is 3.84. The summed E-state index contributed by atoms with van der Waals surface area (Å²) in [5.74, 6) is 1.94. The average Bonchev–Trinajstić information content (AvgIpc) is 3.09. The maximum Gasteiger partial charge on any atom is 0.260 e. The number of amides is 1. The van der Waals surface area contributed by atoms with E-state index < -0.39 is 0 Å². The highest BCUT2D eigenvalue weighted by atomic mass is 16.5. The van der Waals surface area contributed by atoms with Gasteiger partial charge >= 0.3 is 0 Å². The number of hydrogen-bond acceptors (Lipinski definition) is 5. The van der Waals surface area contributed by atoms with Crippen molar-refractivity contribution in [1.29, 1.82) is 0 Å². The summed E-state index contributed by atoms with van der Waals surface area (Å²) in [7, 11) is 1.61. The van der Waals surface area contributed by atoms with Crippen molar-refractivity contribution < 1.29 is 19.0 Å². The van der Waals surface area contributed by atoms with Crippen molar-refractivity contribution in [3.63, 3.8) is 0 Å². The molecule has 1 aliphatic rings. The first-order chi connectivity index (χ1) is 11.7. The fraction of sp³-hybridized carbons (Fsp3) is 0.333. The molecule has 2 aromatic rings. The Labute approximate surface area is 141 Å². The van der Waals surface area contributed by atoms with Crippen LogP contribution < -0.4 is 14.2 Å². The molecular weight excluding hydrogens is 308 g/mol. The van der Waals surface area contributed by atoms with E-state index in [1.807, 2.05) is 18.2 Å². The average molecular weight is 328 g/mol. The van der Waals surface area contributed by atoms with Crippen molar-refractivity contribution in [2.24, 2.45) is 0 Å². The van der Waals surface area contributed by atoms with Gasteiger partial charge in [0, 0.05) is 25.2 Å². The highest BCUT2D eigenvalue weighted by Crippen LogP contribution is 2.18. The molecule has 1 fully saturated rings. The molecule has 6 nitrogen and oxygen atoms in total. The van der Waals surface area contributed by atoms with Crippen molar-refractivity contribution in [3.8, 4) is 17.4 Å². The van der Waals surface area contributed by atoms with Crippen LogP contribution in [0.15, 0.2) is 48.7 Å². The molecule has 1 aromatic heterocycles. The third kappa shape index (κ3) is 4.16. The van der Waals surface area contributed by atoms with Gasteiger partial charge in [-0.3, -0.25) is 4.79 Å². The highest BCUT2D eigenvalue weighted by Gasteiger charge is 2.28. The van der Waals surface area contributed by atoms with Gasteiger partial charge in [0.2, 0.25) is 5.88 Å². The number of ether oxygens (including phenoxy) is 3. The Morgan fingerprint density at radius 1 is 1.21 bits per heavy atom. The zero-order chi connectivity index (χ0) is 16.8. The molecule has 1 saturated heterocycles. The molecular formula is C18H20N2O4. The molecule has 24 heavy (non-hydrogen) atoms. The van der Waals surface area contributed by atoms with E-state index in [4.69, 9.17) is 14.2 Å². The second-order valence-corrected chi connectivity index (χ2v) is 5.50. The Morgan fingerprint density at radius 3 is 2.71 bits per heavy atom. The first-order valence-corrected chi connectivity index (χ1v) is 7.87. The van der Waals surface area contributed by atoms with Crippen molar-refractivity contribution in [2.75, 3.05) is 26.8 Å². The molecule has 1 aromatic carbocycles. The lowest BCUT2D eigenvalue weighted by Gasteiger charge is -2.17. The van der Waals surface area contributed by atoms with E-state index in [0.29, 0.717) is 24.7 Å². The van der Waals surface area contributed by atoms with Crippen LogP contribution in [0.2, 0.25) is 0 Å². The zero-order valence-electron chi connectivity index (χ0n) is 13.6. The maximum atomic E-state index is 12.2. The number of hydrogen-bond donors (Lipinski definition) is 0. The van der Waals surface area contributed by atoms with E-state index in [1.165, 1.54) is 0 Å². The molecule has 1 amide bonds. The number of carbonyl (C=O) groups excluding carboxylic acids is 1. The largest absolute Gasteiger partial charge is 0.497 e. The zero-order valence-corrected chi connectivity index (χ0v) is 13.6. The lowest BCUT2D eigenvalue weighted by Crippen LogP contribution is -2.34. The SMILES string of the molecule is COc1ccc(OCC(=O)N2CCC(Oc3ccccn3)C2)cc1. The minimum Gasteiger partial charge on any atom is -0.497 e. The number of carbonyl (C=O) groups is 1. The number of likely N-dealkylation sites (tertiary alicyclic amines) is 1. The van der Waals surface area contributed by atoms with Crippen LogP contribution in [-0.2, 0) is 4.79 Å². The molecule has 1 unspecified atom stereocenters. The Kier molecular flexibility index (Phi) is 5.15. The van der Waals surface area contributed by atoms with Gasteiger partial charge in [-0.15, -0.1) is 0 Å². The molecule has 0 aliphatic carbocycles. The minimum atomic E-state index is -0.0436. The van der Waals surface area contributed by atoms with Gasteiger partial charge < -0.3 is 19.1 Å². The van der Waals surface area contributed by atoms with Crippen LogP contribution in [0.1, 0.15) is 6.42 Å². The van der Waals surface area contributed by atoms with Crippen molar-refractivity contribution >= 4 is 5.91 Å². The quantitative estimate of drug-likeness (QED) is 0.813. The monoisotopic (exact) mass is 328 g/mol. The molecule has 1 atom stereocenters. The smallest absolute Gasteiger partial charge is 0.260 e. The van der Waals surface area contributed by atoms with Crippen LogP contribution in [0.5, 0.6) is 17.4 Å². The normalized spacial score (nSPS) is 16.7. The molecule has 0 radical (unpaired) electrons. The summed E-state index contributed by atoms with van der Waals surface area (Å²) in [6.07, 6.45) is 2.46. The van der Waals surface area contributed by atoms with E-state index >= 15 is 0 Å². The van der Waals surface area contributed by atoms with E-state index in [9.17, 15) is 4.79 Å². The van der Waals surface area contributed by atoms with Gasteiger partial charge in [0.25, 0.3) is 5.91 Å². The van der Waals surface area contributed by atoms with Gasteiger partial charge in [-0.05, 0) is 30.3 Å². The van der Waals surface area contributed by atoms with Crippen LogP contribution in [0.4, 0.5) is 0 Å². The van der Waals surface area contributed by atoms with Crippen LogP contribution in [0.25, 0.3) is 0 Å². The molecule has 0 bridgehead atoms. The number of rotatable bonds is 6. The molecule has 0 N–H and O–H groups in total. The predicted molar refractivity (Wildman–Crippen MR) is 88.3 cm³/mol. The first-order valence-electron chi connectivity index (χ1n) is 7.87. The Bertz CT molecular complexity index is 660. The Balaban J connectivity index is 1.45. The summed E-state index contributed by atoms with van der Waals surface area (Å²) < 4.78 is 16.4. The number of benzene rings is 1. The summed E-state index contributed by atoms with van der Waals surface area (Å²) in [6.45, 7) is 1.24. The molecule has 0 saturated carbocycles. The van der Waals surface area contributed by atoms with E-state index in [-0.39, 0.29) is 18.6 Å². The summed E-state index contributed by atoms with van der Waals surface area (Å²) in [6, 6.07) is 12.7. The van der Waals surface area contributed by atoms with Gasteiger partial charge in [0.15, 0.2) is 6.61 Å². The van der Waals surface area contributed by atoms with Crippen molar-refractivity contribution in [3.05, 3.63) is 48.7 Å². The molecule has 0 spiro atoms. The standard InChI is InChI=1S/C18H20N2O4/c1-22-14-5-7-15(8-6-14)23-13-18(21)20-11-9-16(12-20)24-17-4-2-3-10-19-17/h2-8,10,16H,9,11-13H2,1H3. The van der Waals surface area contributed by atoms with Crippen LogP contribution in [-0.4, -0.2) is 48.7 Å². The van der Waals surface area contributed by atoms with Crippen LogP contribution in [0, 0.1) is 0 Å². The lowest BCUT2D eigenvalue weighted by atomic mass is 10.3. The number of pyridine rings is 1. The fourth-order valence-electron chi connectivity index (χ4n) is 2.55. The summed E-state index contributed by atoms with van der Waals surface area (Å²) >= 11 is 0. The molecule has 126 valence electrons. The van der Waals surface area contributed by atoms with Crippen LogP contribution >= 0.6 is 0 Å². The Hall–Kier alpha value is -2.76. The maximum absolute atomic E-state index is 12.2. The second kappa shape index (κ2) is 7.68. The summed E-state index contributed by atoms with van der Waals surface area (Å²) in [5.41, 5.74) is 0. The summed E-state index contributed by atoms with van der Waals surface area (Å²) in [4.78, 5) is 18.1. The molecule has 2 heterocycles. The van der Waals surface area contributed by atoms with E-state index in [0.717, 1.165) is 12.2 Å². The molecule has 6 heteroatoms. The van der Waals surface area contributed by atoms with E-state index in [1.54, 1.807) is 42.5 Å². The lowest BCUT2D eigenvalue weighted by molar-refractivity contribution is -0.132. The topological polar surface area (TPSA) is 60.9 Å². The first kappa shape index (κ1) is 16.1. The number of nitrogens with zero attached hydrogens (tertiary/aromatic N) is 2. The highest BCUT2D eigenvalue weighted by molar-refractivity contribution is 5.78. The van der Waals surface area contributed by atoms with Gasteiger partial charge in [-0.25, -0.2) is 4.98 Å². The predicted octanol–water partition coefficient (Wildman–Crippen LogP) is 2.15. The van der Waals surface area contributed by atoms with Gasteiger partial charge in [-0.2, -0.15) is 0 Å². The third-order valence-electron chi connectivity index (χ3n) is 3.84. The van der Waals surface area contributed by atoms with Gasteiger partial charge in [0.1, 0.15) is 17.6 Å². The number of methoxy groups -OCH3 is 1. The van der Waals surface area contributed by atoms with E-state index in [2.05, 4.69) is 4.98 Å². The second-order valence-electron chi connectivity index (χ2n) is 5.50. The van der Waals surface area contributed by atoms with Crippen LogP contribution in [0.3, 0.4) is 0 Å². The fourth-order valence-corrected chi connectivity index (χ4v) is 2.55. The van der Waals surface area contributed by atoms with Crippen molar-refractivity contribution in [2.45, 2.75) is 12.5 Å². The Morgan fingerprint density at radius 2 is 2.00 bits per heavy atom. The summed E-state index contributed by atoms with van der Waals surface area (Å²) in [5, 5.41) is 0.